The van der Waals surface area contributed by atoms with Crippen LogP contribution in [0.2, 0.25) is 0 Å². The topological polar surface area (TPSA) is 0 Å². The summed E-state index contributed by atoms with van der Waals surface area (Å²) in [7, 11) is 0. The molecule has 0 aliphatic heterocycles. The fraction of sp³-hybridized carbons (Fsp3) is 1.00. The summed E-state index contributed by atoms with van der Waals surface area (Å²) in [4.78, 5) is 0. The van der Waals surface area contributed by atoms with Gasteiger partial charge in [0.2, 0.25) is 0 Å². The van der Waals surface area contributed by atoms with E-state index in [2.05, 4.69) is 27.7 Å². The third-order valence-electron chi connectivity index (χ3n) is 4.21. The van der Waals surface area contributed by atoms with Crippen LogP contribution in [-0.2, 0) is 0 Å². The lowest BCUT2D eigenvalue weighted by atomic mass is 9.68. The van der Waals surface area contributed by atoms with Gasteiger partial charge in [-0.2, -0.15) is 0 Å². The summed E-state index contributed by atoms with van der Waals surface area (Å²) in [5, 5.41) is 0. The van der Waals surface area contributed by atoms with Crippen LogP contribution in [0.25, 0.3) is 0 Å². The smallest absolute Gasteiger partial charge is 0.0358 e. The molecule has 0 heterocycles. The van der Waals surface area contributed by atoms with Gasteiger partial charge >= 0.3 is 0 Å². The van der Waals surface area contributed by atoms with E-state index in [-0.39, 0.29) is 0 Å². The van der Waals surface area contributed by atoms with Gasteiger partial charge in [-0.15, -0.1) is 0 Å². The highest BCUT2D eigenvalue weighted by atomic mass is 14.4. The van der Waals surface area contributed by atoms with E-state index in [0.717, 1.165) is 23.7 Å². The zero-order valence-corrected chi connectivity index (χ0v) is 9.84. The standard InChI is InChI=1S/C13H26/c1-5-11(4)13-9-10(3)7-8-12(13)6-2/h10-13H,5-9H2,1-4H3. The molecule has 0 N–H and O–H groups in total. The number of rotatable bonds is 3. The van der Waals surface area contributed by atoms with Gasteiger partial charge in [-0.1, -0.05) is 47.0 Å². The zero-order valence-electron chi connectivity index (χ0n) is 9.84. The Kier molecular flexibility index (Phi) is 4.28. The fourth-order valence-corrected chi connectivity index (χ4v) is 2.99. The van der Waals surface area contributed by atoms with Gasteiger partial charge in [0.15, 0.2) is 0 Å². The molecule has 0 spiro atoms. The summed E-state index contributed by atoms with van der Waals surface area (Å²) in [6, 6.07) is 0. The molecule has 0 nitrogen and oxygen atoms in total. The van der Waals surface area contributed by atoms with Gasteiger partial charge < -0.3 is 0 Å². The molecule has 0 amide bonds. The Balaban J connectivity index is 2.54. The highest BCUT2D eigenvalue weighted by Gasteiger charge is 2.30. The minimum absolute atomic E-state index is 0.952. The predicted molar refractivity (Wildman–Crippen MR) is 59.7 cm³/mol. The molecule has 1 rings (SSSR count). The maximum absolute atomic E-state index is 2.45. The molecule has 0 bridgehead atoms. The normalized spacial score (nSPS) is 37.4. The third-order valence-corrected chi connectivity index (χ3v) is 4.21. The summed E-state index contributed by atoms with van der Waals surface area (Å²) in [5.74, 6) is 4.00. The van der Waals surface area contributed by atoms with Crippen LogP contribution in [0.3, 0.4) is 0 Å². The lowest BCUT2D eigenvalue weighted by molar-refractivity contribution is 0.128. The van der Waals surface area contributed by atoms with E-state index in [1.54, 1.807) is 0 Å². The average molecular weight is 182 g/mol. The van der Waals surface area contributed by atoms with Gasteiger partial charge in [-0.25, -0.2) is 0 Å². The Bertz CT molecular complexity index is 139. The summed E-state index contributed by atoms with van der Waals surface area (Å²) >= 11 is 0. The van der Waals surface area contributed by atoms with Gasteiger partial charge in [-0.05, 0) is 36.5 Å². The molecule has 1 fully saturated rings. The van der Waals surface area contributed by atoms with E-state index < -0.39 is 0 Å². The molecule has 13 heavy (non-hydrogen) atoms. The van der Waals surface area contributed by atoms with Gasteiger partial charge in [0.25, 0.3) is 0 Å². The van der Waals surface area contributed by atoms with Gasteiger partial charge in [0.1, 0.15) is 0 Å². The molecule has 4 atom stereocenters. The third kappa shape index (κ3) is 2.72. The quantitative estimate of drug-likeness (QED) is 0.603. The summed E-state index contributed by atoms with van der Waals surface area (Å²) in [6.45, 7) is 9.60. The predicted octanol–water partition coefficient (Wildman–Crippen LogP) is 4.49. The molecule has 1 saturated carbocycles. The maximum atomic E-state index is 2.45. The van der Waals surface area contributed by atoms with Crippen LogP contribution in [0.4, 0.5) is 0 Å². The first-order valence-electron chi connectivity index (χ1n) is 6.19. The Morgan fingerprint density at radius 2 is 1.92 bits per heavy atom. The molecule has 0 aromatic rings. The molecule has 0 saturated heterocycles. The first-order valence-corrected chi connectivity index (χ1v) is 6.19. The van der Waals surface area contributed by atoms with Crippen LogP contribution in [0.15, 0.2) is 0 Å². The summed E-state index contributed by atoms with van der Waals surface area (Å²) < 4.78 is 0. The lowest BCUT2D eigenvalue weighted by Crippen LogP contribution is -2.28. The molecule has 0 radical (unpaired) electrons. The minimum Gasteiger partial charge on any atom is -0.0651 e. The molecule has 0 aromatic carbocycles. The molecule has 0 aromatic heterocycles. The molecule has 0 heteroatoms. The molecular weight excluding hydrogens is 156 g/mol. The highest BCUT2D eigenvalue weighted by molar-refractivity contribution is 4.80. The van der Waals surface area contributed by atoms with Crippen molar-refractivity contribution in [3.8, 4) is 0 Å². The summed E-state index contributed by atoms with van der Waals surface area (Å²) in [6.07, 6.45) is 7.24. The molecule has 1 aliphatic carbocycles. The Hall–Kier alpha value is 0. The molecule has 1 aliphatic rings. The first kappa shape index (κ1) is 11.1. The largest absolute Gasteiger partial charge is 0.0651 e. The fourth-order valence-electron chi connectivity index (χ4n) is 2.99. The van der Waals surface area contributed by atoms with E-state index in [9.17, 15) is 0 Å². The zero-order chi connectivity index (χ0) is 9.84. The SMILES string of the molecule is CCC(C)C1CC(C)CCC1CC. The van der Waals surface area contributed by atoms with Crippen molar-refractivity contribution in [2.24, 2.45) is 23.7 Å². The van der Waals surface area contributed by atoms with E-state index in [1.165, 1.54) is 32.1 Å². The molecule has 4 unspecified atom stereocenters. The monoisotopic (exact) mass is 182 g/mol. The minimum atomic E-state index is 0.952. The Morgan fingerprint density at radius 1 is 1.23 bits per heavy atom. The van der Waals surface area contributed by atoms with Crippen molar-refractivity contribution in [1.29, 1.82) is 0 Å². The second kappa shape index (κ2) is 5.02. The summed E-state index contributed by atoms with van der Waals surface area (Å²) in [5.41, 5.74) is 0. The van der Waals surface area contributed by atoms with Crippen molar-refractivity contribution < 1.29 is 0 Å². The Labute approximate surface area is 84.1 Å². The van der Waals surface area contributed by atoms with Crippen LogP contribution in [0.1, 0.15) is 59.8 Å². The molecule has 78 valence electrons. The van der Waals surface area contributed by atoms with Crippen molar-refractivity contribution in [3.05, 3.63) is 0 Å². The van der Waals surface area contributed by atoms with Crippen molar-refractivity contribution in [1.82, 2.24) is 0 Å². The Morgan fingerprint density at radius 3 is 2.46 bits per heavy atom. The van der Waals surface area contributed by atoms with Crippen molar-refractivity contribution in [3.63, 3.8) is 0 Å². The van der Waals surface area contributed by atoms with Gasteiger partial charge in [0.05, 0.1) is 0 Å². The molecular formula is C13H26. The lowest BCUT2D eigenvalue weighted by Gasteiger charge is -2.38. The van der Waals surface area contributed by atoms with Crippen molar-refractivity contribution >= 4 is 0 Å². The van der Waals surface area contributed by atoms with Crippen LogP contribution < -0.4 is 0 Å². The van der Waals surface area contributed by atoms with Gasteiger partial charge in [0, 0.05) is 0 Å². The number of hydrogen-bond donors (Lipinski definition) is 0. The van der Waals surface area contributed by atoms with E-state index in [4.69, 9.17) is 0 Å². The van der Waals surface area contributed by atoms with Crippen LogP contribution in [-0.4, -0.2) is 0 Å². The second-order valence-electron chi connectivity index (χ2n) is 5.14. The first-order chi connectivity index (χ1) is 6.19. The maximum Gasteiger partial charge on any atom is -0.0358 e. The number of hydrogen-bond acceptors (Lipinski definition) is 0. The van der Waals surface area contributed by atoms with Gasteiger partial charge in [-0.3, -0.25) is 0 Å². The van der Waals surface area contributed by atoms with Crippen LogP contribution in [0.5, 0.6) is 0 Å². The van der Waals surface area contributed by atoms with E-state index in [1.807, 2.05) is 0 Å². The van der Waals surface area contributed by atoms with Crippen molar-refractivity contribution in [2.45, 2.75) is 59.8 Å². The highest BCUT2D eigenvalue weighted by Crippen LogP contribution is 2.40. The van der Waals surface area contributed by atoms with Crippen molar-refractivity contribution in [2.75, 3.05) is 0 Å². The van der Waals surface area contributed by atoms with E-state index >= 15 is 0 Å². The van der Waals surface area contributed by atoms with Crippen LogP contribution >= 0.6 is 0 Å². The second-order valence-corrected chi connectivity index (χ2v) is 5.14. The van der Waals surface area contributed by atoms with Crippen LogP contribution in [0, 0.1) is 23.7 Å². The average Bonchev–Trinajstić information content (AvgIpc) is 2.16. The van der Waals surface area contributed by atoms with E-state index in [0.29, 0.717) is 0 Å².